The average Bonchev–Trinajstić information content (AvgIpc) is 2.40. The number of benzene rings is 2. The molecule has 2 aromatic carbocycles. The summed E-state index contributed by atoms with van der Waals surface area (Å²) < 4.78 is 6.45. The zero-order valence-electron chi connectivity index (χ0n) is 11.2. The summed E-state index contributed by atoms with van der Waals surface area (Å²) >= 11 is 9.31. The molecule has 20 heavy (non-hydrogen) atoms. The van der Waals surface area contributed by atoms with Gasteiger partial charge in [-0.1, -0.05) is 47.4 Å². The third kappa shape index (κ3) is 3.62. The number of halogens is 2. The molecule has 0 unspecified atom stereocenters. The highest BCUT2D eigenvalue weighted by atomic mass is 79.9. The standard InChI is InChI=1S/C16H14BrClO2/c1-10(2)14-9-12(17)6-7-15(14)20-16(19)11-4-3-5-13(18)8-11/h3-10H,1-2H3. The van der Waals surface area contributed by atoms with Crippen molar-refractivity contribution >= 4 is 33.5 Å². The Kier molecular flexibility index (Phi) is 4.84. The summed E-state index contributed by atoms with van der Waals surface area (Å²) in [6, 6.07) is 12.3. The van der Waals surface area contributed by atoms with Crippen LogP contribution in [0.25, 0.3) is 0 Å². The van der Waals surface area contributed by atoms with Crippen LogP contribution in [-0.4, -0.2) is 5.97 Å². The van der Waals surface area contributed by atoms with Gasteiger partial charge in [-0.05, 0) is 47.9 Å². The quantitative estimate of drug-likeness (QED) is 0.542. The van der Waals surface area contributed by atoms with Gasteiger partial charge in [-0.15, -0.1) is 0 Å². The number of hydrogen-bond acceptors (Lipinski definition) is 2. The van der Waals surface area contributed by atoms with E-state index < -0.39 is 5.97 Å². The van der Waals surface area contributed by atoms with Gasteiger partial charge in [-0.25, -0.2) is 4.79 Å². The van der Waals surface area contributed by atoms with Gasteiger partial charge >= 0.3 is 5.97 Å². The van der Waals surface area contributed by atoms with Crippen molar-refractivity contribution in [2.45, 2.75) is 19.8 Å². The van der Waals surface area contributed by atoms with Crippen LogP contribution < -0.4 is 4.74 Å². The fourth-order valence-electron chi connectivity index (χ4n) is 1.84. The topological polar surface area (TPSA) is 26.3 Å². The predicted molar refractivity (Wildman–Crippen MR) is 84.6 cm³/mol. The molecule has 2 rings (SSSR count). The monoisotopic (exact) mass is 352 g/mol. The molecule has 0 aliphatic carbocycles. The number of ether oxygens (including phenoxy) is 1. The largest absolute Gasteiger partial charge is 0.423 e. The van der Waals surface area contributed by atoms with Crippen molar-refractivity contribution in [1.82, 2.24) is 0 Å². The predicted octanol–water partition coefficient (Wildman–Crippen LogP) is 5.45. The van der Waals surface area contributed by atoms with Crippen molar-refractivity contribution in [2.75, 3.05) is 0 Å². The van der Waals surface area contributed by atoms with Crippen molar-refractivity contribution in [2.24, 2.45) is 0 Å². The normalized spacial score (nSPS) is 10.7. The fourth-order valence-corrected chi connectivity index (χ4v) is 2.41. The first kappa shape index (κ1) is 15.1. The minimum atomic E-state index is -0.406. The Labute approximate surface area is 131 Å². The van der Waals surface area contributed by atoms with Crippen LogP contribution in [0.1, 0.15) is 35.7 Å². The summed E-state index contributed by atoms with van der Waals surface area (Å²) in [4.78, 5) is 12.1. The number of hydrogen-bond donors (Lipinski definition) is 0. The van der Waals surface area contributed by atoms with E-state index in [4.69, 9.17) is 16.3 Å². The molecule has 0 aliphatic rings. The lowest BCUT2D eigenvalue weighted by Gasteiger charge is -2.13. The fraction of sp³-hybridized carbons (Fsp3) is 0.188. The van der Waals surface area contributed by atoms with Gasteiger partial charge in [0.05, 0.1) is 5.56 Å². The van der Waals surface area contributed by atoms with Crippen LogP contribution in [0, 0.1) is 0 Å². The van der Waals surface area contributed by atoms with Gasteiger partial charge in [0.1, 0.15) is 5.75 Å². The first-order valence-electron chi connectivity index (χ1n) is 6.24. The highest BCUT2D eigenvalue weighted by Gasteiger charge is 2.14. The number of esters is 1. The van der Waals surface area contributed by atoms with Crippen LogP contribution >= 0.6 is 27.5 Å². The lowest BCUT2D eigenvalue weighted by atomic mass is 10.0. The maximum absolute atomic E-state index is 12.1. The van der Waals surface area contributed by atoms with E-state index >= 15 is 0 Å². The molecule has 0 spiro atoms. The summed E-state index contributed by atoms with van der Waals surface area (Å²) in [7, 11) is 0. The van der Waals surface area contributed by atoms with Gasteiger partial charge in [0.25, 0.3) is 0 Å². The highest BCUT2D eigenvalue weighted by molar-refractivity contribution is 9.10. The van der Waals surface area contributed by atoms with Crippen molar-refractivity contribution in [1.29, 1.82) is 0 Å². The molecular weight excluding hydrogens is 340 g/mol. The molecule has 0 bridgehead atoms. The van der Waals surface area contributed by atoms with Crippen LogP contribution in [0.3, 0.4) is 0 Å². The maximum atomic E-state index is 12.1. The third-order valence-corrected chi connectivity index (χ3v) is 3.59. The van der Waals surface area contributed by atoms with Gasteiger partial charge in [0, 0.05) is 9.50 Å². The van der Waals surface area contributed by atoms with Crippen LogP contribution in [0.2, 0.25) is 5.02 Å². The lowest BCUT2D eigenvalue weighted by Crippen LogP contribution is -2.10. The zero-order chi connectivity index (χ0) is 14.7. The Morgan fingerprint density at radius 3 is 2.60 bits per heavy atom. The van der Waals surface area contributed by atoms with Crippen molar-refractivity contribution in [3.8, 4) is 5.75 Å². The molecule has 0 aromatic heterocycles. The molecule has 0 saturated heterocycles. The number of rotatable bonds is 3. The van der Waals surface area contributed by atoms with E-state index in [0.29, 0.717) is 16.3 Å². The highest BCUT2D eigenvalue weighted by Crippen LogP contribution is 2.30. The summed E-state index contributed by atoms with van der Waals surface area (Å²) in [6.07, 6.45) is 0. The Morgan fingerprint density at radius 2 is 1.95 bits per heavy atom. The summed E-state index contributed by atoms with van der Waals surface area (Å²) in [5, 5.41) is 0.513. The Morgan fingerprint density at radius 1 is 1.20 bits per heavy atom. The van der Waals surface area contributed by atoms with Gasteiger partial charge in [-0.3, -0.25) is 0 Å². The minimum absolute atomic E-state index is 0.259. The second-order valence-electron chi connectivity index (χ2n) is 4.74. The molecule has 0 saturated carbocycles. The molecule has 0 atom stereocenters. The average molecular weight is 354 g/mol. The Hall–Kier alpha value is -1.32. The second-order valence-corrected chi connectivity index (χ2v) is 6.09. The van der Waals surface area contributed by atoms with Crippen LogP contribution in [0.4, 0.5) is 0 Å². The molecule has 0 aliphatic heterocycles. The van der Waals surface area contributed by atoms with E-state index in [-0.39, 0.29) is 5.92 Å². The molecular formula is C16H14BrClO2. The molecule has 4 heteroatoms. The molecule has 0 N–H and O–H groups in total. The van der Waals surface area contributed by atoms with Crippen molar-refractivity contribution in [3.05, 3.63) is 63.1 Å². The molecule has 0 fully saturated rings. The smallest absolute Gasteiger partial charge is 0.343 e. The van der Waals surface area contributed by atoms with E-state index in [9.17, 15) is 4.79 Å². The Bertz CT molecular complexity index is 638. The second kappa shape index (κ2) is 6.42. The van der Waals surface area contributed by atoms with Crippen LogP contribution in [0.5, 0.6) is 5.75 Å². The molecule has 104 valence electrons. The van der Waals surface area contributed by atoms with Gasteiger partial charge in [0.15, 0.2) is 0 Å². The first-order valence-corrected chi connectivity index (χ1v) is 7.41. The molecule has 2 aromatic rings. The van der Waals surface area contributed by atoms with Crippen LogP contribution in [-0.2, 0) is 0 Å². The zero-order valence-corrected chi connectivity index (χ0v) is 13.5. The minimum Gasteiger partial charge on any atom is -0.423 e. The van der Waals surface area contributed by atoms with Crippen molar-refractivity contribution < 1.29 is 9.53 Å². The molecule has 0 heterocycles. The van der Waals surface area contributed by atoms with E-state index in [2.05, 4.69) is 29.8 Å². The Balaban J connectivity index is 2.28. The lowest BCUT2D eigenvalue weighted by molar-refractivity contribution is 0.0733. The van der Waals surface area contributed by atoms with Gasteiger partial charge in [0.2, 0.25) is 0 Å². The van der Waals surface area contributed by atoms with Crippen LogP contribution in [0.15, 0.2) is 46.9 Å². The van der Waals surface area contributed by atoms with Gasteiger partial charge < -0.3 is 4.74 Å². The third-order valence-electron chi connectivity index (χ3n) is 2.86. The van der Waals surface area contributed by atoms with E-state index in [1.54, 1.807) is 30.3 Å². The van der Waals surface area contributed by atoms with Gasteiger partial charge in [-0.2, -0.15) is 0 Å². The molecule has 0 radical (unpaired) electrons. The maximum Gasteiger partial charge on any atom is 0.343 e. The molecule has 0 amide bonds. The van der Waals surface area contributed by atoms with E-state index in [0.717, 1.165) is 10.0 Å². The SMILES string of the molecule is CC(C)c1cc(Br)ccc1OC(=O)c1cccc(Cl)c1. The summed E-state index contributed by atoms with van der Waals surface area (Å²) in [6.45, 7) is 4.11. The van der Waals surface area contributed by atoms with E-state index in [1.165, 1.54) is 0 Å². The molecule has 2 nitrogen and oxygen atoms in total. The number of carbonyl (C=O) groups is 1. The number of carbonyl (C=O) groups excluding carboxylic acids is 1. The first-order chi connectivity index (χ1) is 9.47. The summed E-state index contributed by atoms with van der Waals surface area (Å²) in [5.74, 6) is 0.430. The van der Waals surface area contributed by atoms with Crippen molar-refractivity contribution in [3.63, 3.8) is 0 Å². The van der Waals surface area contributed by atoms with E-state index in [1.807, 2.05) is 12.1 Å². The summed E-state index contributed by atoms with van der Waals surface area (Å²) in [5.41, 5.74) is 1.42.